The fourth-order valence-electron chi connectivity index (χ4n) is 2.97. The Labute approximate surface area is 114 Å². The third-order valence-electron chi connectivity index (χ3n) is 4.20. The average Bonchev–Trinajstić information content (AvgIpc) is 2.47. The molecule has 3 rings (SSSR count). The summed E-state index contributed by atoms with van der Waals surface area (Å²) in [6.45, 7) is 4.58. The second-order valence-corrected chi connectivity index (χ2v) is 5.48. The number of carbonyl (C=O) groups excluding carboxylic acids is 1. The number of hydrogen-bond acceptors (Lipinski definition) is 3. The van der Waals surface area contributed by atoms with Crippen molar-refractivity contribution in [3.63, 3.8) is 0 Å². The quantitative estimate of drug-likeness (QED) is 0.827. The van der Waals surface area contributed by atoms with Gasteiger partial charge in [0.15, 0.2) is 0 Å². The van der Waals surface area contributed by atoms with Crippen LogP contribution in [-0.4, -0.2) is 55.5 Å². The molecule has 1 saturated heterocycles. The van der Waals surface area contributed by atoms with Gasteiger partial charge in [-0.25, -0.2) is 0 Å². The molecule has 0 saturated carbocycles. The van der Waals surface area contributed by atoms with Gasteiger partial charge >= 0.3 is 0 Å². The van der Waals surface area contributed by atoms with Crippen molar-refractivity contribution in [2.75, 3.05) is 45.1 Å². The van der Waals surface area contributed by atoms with Crippen molar-refractivity contribution in [1.29, 1.82) is 0 Å². The number of nitrogens with one attached hydrogen (secondary N) is 1. The van der Waals surface area contributed by atoms with Crippen LogP contribution in [0.4, 0.5) is 5.69 Å². The van der Waals surface area contributed by atoms with E-state index >= 15 is 0 Å². The zero-order valence-corrected chi connectivity index (χ0v) is 11.4. The topological polar surface area (TPSA) is 35.6 Å². The first kappa shape index (κ1) is 12.5. The van der Waals surface area contributed by atoms with Crippen LogP contribution in [-0.2, 0) is 4.79 Å². The van der Waals surface area contributed by atoms with E-state index in [-0.39, 0.29) is 5.92 Å². The number of anilines is 1. The van der Waals surface area contributed by atoms with Crippen molar-refractivity contribution in [3.8, 4) is 0 Å². The van der Waals surface area contributed by atoms with Gasteiger partial charge < -0.3 is 15.1 Å². The molecule has 1 aromatic rings. The molecule has 4 nitrogen and oxygen atoms in total. The molecule has 1 unspecified atom stereocenters. The summed E-state index contributed by atoms with van der Waals surface area (Å²) >= 11 is 0. The highest BCUT2D eigenvalue weighted by molar-refractivity contribution is 5.86. The lowest BCUT2D eigenvalue weighted by molar-refractivity contribution is -0.134. The fourth-order valence-corrected chi connectivity index (χ4v) is 2.97. The number of amides is 1. The summed E-state index contributed by atoms with van der Waals surface area (Å²) in [4.78, 5) is 17.0. The van der Waals surface area contributed by atoms with Gasteiger partial charge in [0.1, 0.15) is 0 Å². The zero-order valence-electron chi connectivity index (χ0n) is 11.4. The summed E-state index contributed by atoms with van der Waals surface area (Å²) in [7, 11) is 2.11. The van der Waals surface area contributed by atoms with E-state index in [2.05, 4.69) is 29.4 Å². The number of carbonyl (C=O) groups is 1. The first-order valence-corrected chi connectivity index (χ1v) is 7.06. The third kappa shape index (κ3) is 2.45. The molecule has 19 heavy (non-hydrogen) atoms. The van der Waals surface area contributed by atoms with Gasteiger partial charge in [0.25, 0.3) is 0 Å². The van der Waals surface area contributed by atoms with Crippen LogP contribution >= 0.6 is 0 Å². The Hall–Kier alpha value is -1.55. The Morgan fingerprint density at radius 1 is 1.21 bits per heavy atom. The summed E-state index contributed by atoms with van der Waals surface area (Å²) in [5.41, 5.74) is 2.29. The Balaban J connectivity index is 1.78. The zero-order chi connectivity index (χ0) is 13.2. The van der Waals surface area contributed by atoms with Crippen LogP contribution in [0, 0.1) is 0 Å². The molecule has 1 aromatic carbocycles. The van der Waals surface area contributed by atoms with Gasteiger partial charge in [-0.1, -0.05) is 18.2 Å². The fraction of sp³-hybridized carbons (Fsp3) is 0.533. The van der Waals surface area contributed by atoms with E-state index in [1.165, 1.54) is 0 Å². The Bertz CT molecular complexity index is 466. The predicted octanol–water partition coefficient (Wildman–Crippen LogP) is 1.36. The van der Waals surface area contributed by atoms with E-state index in [4.69, 9.17) is 0 Å². The maximum atomic E-state index is 12.7. The molecule has 0 spiro atoms. The smallest absolute Gasteiger partial charge is 0.230 e. The second-order valence-electron chi connectivity index (χ2n) is 5.48. The highest BCUT2D eigenvalue weighted by Crippen LogP contribution is 2.32. The highest BCUT2D eigenvalue weighted by atomic mass is 16.2. The van der Waals surface area contributed by atoms with Crippen LogP contribution in [0.15, 0.2) is 24.3 Å². The number of rotatable bonds is 1. The lowest BCUT2D eigenvalue weighted by Crippen LogP contribution is -2.49. The van der Waals surface area contributed by atoms with Crippen LogP contribution < -0.4 is 5.32 Å². The molecule has 1 fully saturated rings. The molecule has 4 heteroatoms. The molecule has 1 amide bonds. The molecular formula is C15H21N3O. The van der Waals surface area contributed by atoms with Gasteiger partial charge in [0.05, 0.1) is 5.92 Å². The largest absolute Gasteiger partial charge is 0.385 e. The summed E-state index contributed by atoms with van der Waals surface area (Å²) < 4.78 is 0. The minimum atomic E-state index is 0.0425. The number of para-hydroxylation sites is 1. The van der Waals surface area contributed by atoms with Crippen molar-refractivity contribution in [1.82, 2.24) is 9.80 Å². The maximum absolute atomic E-state index is 12.7. The number of piperazine rings is 1. The summed E-state index contributed by atoms with van der Waals surface area (Å²) in [5.74, 6) is 0.350. The standard InChI is InChI=1S/C15H21N3O/c1-17-8-10-18(11-9-17)15(19)13-6-7-16-14-5-3-2-4-12(13)14/h2-5,13,16H,6-11H2,1H3. The number of fused-ring (bicyclic) bond motifs is 1. The normalized spacial score (nSPS) is 23.6. The molecule has 2 heterocycles. The average molecular weight is 259 g/mol. The van der Waals surface area contributed by atoms with E-state index in [9.17, 15) is 4.79 Å². The SMILES string of the molecule is CN1CCN(C(=O)C2CCNc3ccccc32)CC1. The molecule has 2 aliphatic rings. The first-order valence-electron chi connectivity index (χ1n) is 7.06. The second kappa shape index (κ2) is 5.21. The predicted molar refractivity (Wildman–Crippen MR) is 76.4 cm³/mol. The minimum absolute atomic E-state index is 0.0425. The molecule has 0 aromatic heterocycles. The van der Waals surface area contributed by atoms with E-state index < -0.39 is 0 Å². The van der Waals surface area contributed by atoms with Crippen LogP contribution in [0.25, 0.3) is 0 Å². The van der Waals surface area contributed by atoms with Crippen molar-refractivity contribution < 1.29 is 4.79 Å². The molecule has 0 radical (unpaired) electrons. The highest BCUT2D eigenvalue weighted by Gasteiger charge is 2.30. The van der Waals surface area contributed by atoms with Gasteiger partial charge in [0, 0.05) is 38.4 Å². The van der Waals surface area contributed by atoms with Crippen molar-refractivity contribution >= 4 is 11.6 Å². The van der Waals surface area contributed by atoms with Crippen LogP contribution in [0.1, 0.15) is 17.9 Å². The van der Waals surface area contributed by atoms with Gasteiger partial charge in [-0.2, -0.15) is 0 Å². The van der Waals surface area contributed by atoms with Crippen LogP contribution in [0.2, 0.25) is 0 Å². The maximum Gasteiger partial charge on any atom is 0.230 e. The Morgan fingerprint density at radius 2 is 1.95 bits per heavy atom. The molecule has 102 valence electrons. The molecule has 0 aliphatic carbocycles. The van der Waals surface area contributed by atoms with Crippen LogP contribution in [0.3, 0.4) is 0 Å². The first-order chi connectivity index (χ1) is 9.25. The van der Waals surface area contributed by atoms with Gasteiger partial charge in [-0.05, 0) is 25.1 Å². The van der Waals surface area contributed by atoms with Crippen molar-refractivity contribution in [2.24, 2.45) is 0 Å². The number of likely N-dealkylation sites (N-methyl/N-ethyl adjacent to an activating group) is 1. The van der Waals surface area contributed by atoms with E-state index in [1.807, 2.05) is 17.0 Å². The lowest BCUT2D eigenvalue weighted by Gasteiger charge is -2.36. The summed E-state index contributed by atoms with van der Waals surface area (Å²) in [6.07, 6.45) is 0.905. The lowest BCUT2D eigenvalue weighted by atomic mass is 9.89. The number of nitrogens with zero attached hydrogens (tertiary/aromatic N) is 2. The van der Waals surface area contributed by atoms with Gasteiger partial charge in [-0.3, -0.25) is 4.79 Å². The summed E-state index contributed by atoms with van der Waals surface area (Å²) in [5, 5.41) is 3.38. The Morgan fingerprint density at radius 3 is 2.74 bits per heavy atom. The van der Waals surface area contributed by atoms with Crippen LogP contribution in [0.5, 0.6) is 0 Å². The Kier molecular flexibility index (Phi) is 3.42. The van der Waals surface area contributed by atoms with E-state index in [0.29, 0.717) is 5.91 Å². The van der Waals surface area contributed by atoms with E-state index in [1.54, 1.807) is 0 Å². The number of benzene rings is 1. The third-order valence-corrected chi connectivity index (χ3v) is 4.20. The number of hydrogen-bond donors (Lipinski definition) is 1. The molecule has 1 N–H and O–H groups in total. The molecular weight excluding hydrogens is 238 g/mol. The van der Waals surface area contributed by atoms with E-state index in [0.717, 1.165) is 50.4 Å². The molecule has 2 aliphatic heterocycles. The summed E-state index contributed by atoms with van der Waals surface area (Å²) in [6, 6.07) is 8.20. The molecule has 0 bridgehead atoms. The van der Waals surface area contributed by atoms with Crippen molar-refractivity contribution in [3.05, 3.63) is 29.8 Å². The van der Waals surface area contributed by atoms with Gasteiger partial charge in [0.2, 0.25) is 5.91 Å². The van der Waals surface area contributed by atoms with Gasteiger partial charge in [-0.15, -0.1) is 0 Å². The molecule has 1 atom stereocenters. The minimum Gasteiger partial charge on any atom is -0.385 e. The van der Waals surface area contributed by atoms with Crippen molar-refractivity contribution in [2.45, 2.75) is 12.3 Å². The monoisotopic (exact) mass is 259 g/mol.